The highest BCUT2D eigenvalue weighted by Crippen LogP contribution is 2.40. The third-order valence-corrected chi connectivity index (χ3v) is 7.71. The van der Waals surface area contributed by atoms with Crippen LogP contribution in [0.2, 0.25) is 5.02 Å². The molecule has 1 saturated carbocycles. The van der Waals surface area contributed by atoms with Gasteiger partial charge in [-0.05, 0) is 48.2 Å². The molecule has 1 fully saturated rings. The summed E-state index contributed by atoms with van der Waals surface area (Å²) >= 11 is 6.01. The highest BCUT2D eigenvalue weighted by molar-refractivity contribution is 6.31. The van der Waals surface area contributed by atoms with E-state index in [1.165, 1.54) is 48.7 Å². The predicted molar refractivity (Wildman–Crippen MR) is 147 cm³/mol. The van der Waals surface area contributed by atoms with Crippen molar-refractivity contribution >= 4 is 17.5 Å². The van der Waals surface area contributed by atoms with Crippen molar-refractivity contribution in [1.82, 2.24) is 24.8 Å². The van der Waals surface area contributed by atoms with Crippen molar-refractivity contribution in [3.05, 3.63) is 106 Å². The van der Waals surface area contributed by atoms with Gasteiger partial charge >= 0.3 is 6.18 Å². The predicted octanol–water partition coefficient (Wildman–Crippen LogP) is 5.87. The van der Waals surface area contributed by atoms with Gasteiger partial charge in [-0.25, -0.2) is 13.5 Å². The summed E-state index contributed by atoms with van der Waals surface area (Å²) in [5.74, 6) is -2.29. The lowest BCUT2D eigenvalue weighted by Crippen LogP contribution is -2.35. The molecular weight excluding hydrogens is 609 g/mol. The molecule has 15 heteroatoms. The van der Waals surface area contributed by atoms with E-state index < -0.39 is 35.5 Å². The molecule has 5 aromatic rings. The van der Waals surface area contributed by atoms with Gasteiger partial charge in [-0.3, -0.25) is 9.48 Å². The van der Waals surface area contributed by atoms with Crippen LogP contribution in [0.4, 0.5) is 22.0 Å². The second-order valence-electron chi connectivity index (χ2n) is 10.4. The normalized spacial score (nSPS) is 14.1. The second kappa shape index (κ2) is 11.0. The fourth-order valence-electron chi connectivity index (χ4n) is 5.00. The number of carbonyl (C=O) groups excluding carboxylic acids is 1. The standard InChI is InChI=1S/C29H21ClF5N7O2/c30-20-6-8-23(41-14-25(38-39-41)29(33,34)35)26(27(20)32)17-4-7-22(42(44)13-17)24(9-15-1-2-15)40-12-18(11-37-40)16-3-5-19(28(36)43)21(31)10-16/h3-8,10-15,24H,1-2,9H2,(H2,36,43)/t24-/m1/s1. The molecule has 0 spiro atoms. The summed E-state index contributed by atoms with van der Waals surface area (Å²) in [5.41, 5.74) is 4.61. The number of pyridine rings is 1. The van der Waals surface area contributed by atoms with E-state index in [0.717, 1.165) is 23.7 Å². The maximum Gasteiger partial charge on any atom is 0.436 e. The number of nitrogens with two attached hydrogens (primary N) is 1. The summed E-state index contributed by atoms with van der Waals surface area (Å²) in [4.78, 5) is 11.4. The number of alkyl halides is 3. The summed E-state index contributed by atoms with van der Waals surface area (Å²) in [6, 6.07) is 8.83. The Labute approximate surface area is 250 Å². The van der Waals surface area contributed by atoms with Crippen LogP contribution in [0.1, 0.15) is 47.1 Å². The summed E-state index contributed by atoms with van der Waals surface area (Å²) in [6.07, 6.45) is 2.60. The van der Waals surface area contributed by atoms with Crippen LogP contribution in [0.25, 0.3) is 27.9 Å². The van der Waals surface area contributed by atoms with Crippen LogP contribution in [-0.4, -0.2) is 30.7 Å². The van der Waals surface area contributed by atoms with E-state index in [-0.39, 0.29) is 33.1 Å². The molecule has 1 atom stereocenters. The number of rotatable bonds is 8. The van der Waals surface area contributed by atoms with E-state index in [9.17, 15) is 27.6 Å². The molecule has 0 bridgehead atoms. The van der Waals surface area contributed by atoms with Crippen molar-refractivity contribution in [2.24, 2.45) is 11.7 Å². The first-order valence-corrected chi connectivity index (χ1v) is 13.6. The Morgan fingerprint density at radius 1 is 1.09 bits per heavy atom. The van der Waals surface area contributed by atoms with E-state index in [2.05, 4.69) is 15.4 Å². The minimum absolute atomic E-state index is 0.0409. The van der Waals surface area contributed by atoms with Crippen molar-refractivity contribution in [3.63, 3.8) is 0 Å². The smallest absolute Gasteiger partial charge is 0.436 e. The van der Waals surface area contributed by atoms with Crippen molar-refractivity contribution in [2.45, 2.75) is 31.5 Å². The summed E-state index contributed by atoms with van der Waals surface area (Å²) in [5, 5.41) is 24.2. The van der Waals surface area contributed by atoms with Gasteiger partial charge in [-0.2, -0.15) is 23.0 Å². The molecule has 3 heterocycles. The Bertz CT molecular complexity index is 1900. The lowest BCUT2D eigenvalue weighted by molar-refractivity contribution is -0.615. The average Bonchev–Trinajstić information content (AvgIpc) is 3.41. The molecule has 9 nitrogen and oxygen atoms in total. The molecule has 1 amide bonds. The zero-order valence-electron chi connectivity index (χ0n) is 22.5. The van der Waals surface area contributed by atoms with Crippen LogP contribution in [0.3, 0.4) is 0 Å². The largest absolute Gasteiger partial charge is 0.618 e. The van der Waals surface area contributed by atoms with Crippen LogP contribution in [0.5, 0.6) is 0 Å². The first-order valence-electron chi connectivity index (χ1n) is 13.3. The molecular formula is C29H21ClF5N7O2. The van der Waals surface area contributed by atoms with Crippen LogP contribution in [0, 0.1) is 22.8 Å². The topological polar surface area (TPSA) is 119 Å². The minimum Gasteiger partial charge on any atom is -0.618 e. The minimum atomic E-state index is -4.77. The Morgan fingerprint density at radius 3 is 2.48 bits per heavy atom. The van der Waals surface area contributed by atoms with Crippen LogP contribution in [-0.2, 0) is 6.18 Å². The van der Waals surface area contributed by atoms with Gasteiger partial charge in [-0.15, -0.1) is 5.10 Å². The van der Waals surface area contributed by atoms with Gasteiger partial charge in [0.25, 0.3) is 5.91 Å². The Kier molecular flexibility index (Phi) is 7.32. The number of primary amides is 1. The molecule has 1 aliphatic carbocycles. The number of aromatic nitrogens is 6. The molecule has 3 aromatic heterocycles. The van der Waals surface area contributed by atoms with Gasteiger partial charge in [0.15, 0.2) is 17.7 Å². The molecule has 0 radical (unpaired) electrons. The molecule has 6 rings (SSSR count). The third kappa shape index (κ3) is 5.60. The van der Waals surface area contributed by atoms with Gasteiger partial charge < -0.3 is 10.9 Å². The number of hydrogen-bond acceptors (Lipinski definition) is 5. The van der Waals surface area contributed by atoms with Gasteiger partial charge in [-0.1, -0.05) is 35.7 Å². The average molecular weight is 630 g/mol. The zero-order valence-corrected chi connectivity index (χ0v) is 23.2. The number of carbonyl (C=O) groups is 1. The maximum atomic E-state index is 15.4. The van der Waals surface area contributed by atoms with Crippen molar-refractivity contribution in [3.8, 4) is 27.9 Å². The molecule has 1 aliphatic rings. The van der Waals surface area contributed by atoms with E-state index in [1.54, 1.807) is 10.9 Å². The third-order valence-electron chi connectivity index (χ3n) is 7.42. The number of benzene rings is 2. The van der Waals surface area contributed by atoms with E-state index in [4.69, 9.17) is 17.3 Å². The Hall–Kier alpha value is -4.85. The van der Waals surface area contributed by atoms with Gasteiger partial charge in [0, 0.05) is 17.8 Å². The van der Waals surface area contributed by atoms with Gasteiger partial charge in [0.2, 0.25) is 5.69 Å². The first kappa shape index (κ1) is 29.2. The van der Waals surface area contributed by atoms with Gasteiger partial charge in [0.05, 0.1) is 39.8 Å². The Balaban J connectivity index is 1.37. The van der Waals surface area contributed by atoms with Crippen LogP contribution in [0.15, 0.2) is 67.3 Å². The van der Waals surface area contributed by atoms with E-state index >= 15 is 4.39 Å². The number of halogens is 6. The fraction of sp³-hybridized carbons (Fsp3) is 0.207. The Morgan fingerprint density at radius 2 is 1.84 bits per heavy atom. The monoisotopic (exact) mass is 629 g/mol. The summed E-state index contributed by atoms with van der Waals surface area (Å²) in [7, 11) is 0. The second-order valence-corrected chi connectivity index (χ2v) is 10.8. The molecule has 44 heavy (non-hydrogen) atoms. The molecule has 0 unspecified atom stereocenters. The zero-order chi connectivity index (χ0) is 31.3. The van der Waals surface area contributed by atoms with Crippen molar-refractivity contribution < 1.29 is 31.5 Å². The highest BCUT2D eigenvalue weighted by atomic mass is 35.5. The first-order chi connectivity index (χ1) is 20.9. The number of nitrogens with zero attached hydrogens (tertiary/aromatic N) is 6. The van der Waals surface area contributed by atoms with Crippen LogP contribution < -0.4 is 10.5 Å². The molecule has 0 saturated heterocycles. The van der Waals surface area contributed by atoms with E-state index in [0.29, 0.717) is 34.4 Å². The summed E-state index contributed by atoms with van der Waals surface area (Å²) in [6.45, 7) is 0. The quantitative estimate of drug-likeness (QED) is 0.131. The maximum absolute atomic E-state index is 15.4. The fourth-order valence-corrected chi connectivity index (χ4v) is 5.16. The summed E-state index contributed by atoms with van der Waals surface area (Å²) < 4.78 is 72.1. The van der Waals surface area contributed by atoms with Gasteiger partial charge in [0.1, 0.15) is 11.9 Å². The molecule has 226 valence electrons. The van der Waals surface area contributed by atoms with Crippen molar-refractivity contribution in [2.75, 3.05) is 0 Å². The highest BCUT2D eigenvalue weighted by Gasteiger charge is 2.35. The number of hydrogen-bond donors (Lipinski definition) is 1. The van der Waals surface area contributed by atoms with Crippen molar-refractivity contribution in [1.29, 1.82) is 0 Å². The molecule has 2 aromatic carbocycles. The van der Waals surface area contributed by atoms with E-state index in [1.807, 2.05) is 0 Å². The number of amides is 1. The molecule has 2 N–H and O–H groups in total. The molecule has 0 aliphatic heterocycles. The lowest BCUT2D eigenvalue weighted by Gasteiger charge is -2.18. The SMILES string of the molecule is NC(=O)c1ccc(-c2cnn([C@H](CC3CC3)c3ccc(-c4c(-n5cc(C(F)(F)F)nn5)ccc(Cl)c4F)c[n+]3[O-])c2)cc1F. The van der Waals surface area contributed by atoms with Crippen LogP contribution >= 0.6 is 11.6 Å². The lowest BCUT2D eigenvalue weighted by atomic mass is 10.0.